The topological polar surface area (TPSA) is 71.6 Å². The summed E-state index contributed by atoms with van der Waals surface area (Å²) in [5.74, 6) is 0.271. The van der Waals surface area contributed by atoms with Crippen molar-refractivity contribution in [1.82, 2.24) is 4.90 Å². The van der Waals surface area contributed by atoms with Crippen molar-refractivity contribution < 1.29 is 9.47 Å². The Labute approximate surface area is 115 Å². The van der Waals surface area contributed by atoms with Gasteiger partial charge in [-0.05, 0) is 39.7 Å². The van der Waals surface area contributed by atoms with E-state index in [1.165, 1.54) is 0 Å². The zero-order chi connectivity index (χ0) is 13.9. The van der Waals surface area contributed by atoms with E-state index in [-0.39, 0.29) is 11.4 Å². The molecular formula is C14H27N3O2. The molecule has 19 heavy (non-hydrogen) atoms. The minimum atomic E-state index is 0.0331. The summed E-state index contributed by atoms with van der Waals surface area (Å²) in [5, 5.41) is 7.43. The maximum absolute atomic E-state index is 7.43. The number of nitrogens with zero attached hydrogens (tertiary/aromatic N) is 1. The van der Waals surface area contributed by atoms with E-state index in [9.17, 15) is 0 Å². The molecule has 0 aromatic heterocycles. The fourth-order valence-electron chi connectivity index (χ4n) is 3.26. The molecule has 110 valence electrons. The van der Waals surface area contributed by atoms with Crippen LogP contribution in [0.5, 0.6) is 0 Å². The molecule has 0 radical (unpaired) electrons. The van der Waals surface area contributed by atoms with Gasteiger partial charge in [0, 0.05) is 38.3 Å². The van der Waals surface area contributed by atoms with Gasteiger partial charge in [-0.1, -0.05) is 0 Å². The van der Waals surface area contributed by atoms with Crippen LogP contribution in [-0.4, -0.2) is 55.3 Å². The first-order valence-electron chi connectivity index (χ1n) is 7.29. The van der Waals surface area contributed by atoms with Crippen molar-refractivity contribution >= 4 is 5.84 Å². The molecule has 0 aromatic rings. The van der Waals surface area contributed by atoms with Crippen LogP contribution in [-0.2, 0) is 9.47 Å². The molecule has 2 heterocycles. The highest BCUT2D eigenvalue weighted by atomic mass is 16.5. The van der Waals surface area contributed by atoms with Gasteiger partial charge in [-0.15, -0.1) is 0 Å². The summed E-state index contributed by atoms with van der Waals surface area (Å²) >= 11 is 0. The summed E-state index contributed by atoms with van der Waals surface area (Å²) in [4.78, 5) is 2.38. The molecule has 0 saturated carbocycles. The van der Waals surface area contributed by atoms with E-state index in [0.717, 1.165) is 45.5 Å². The second-order valence-electron chi connectivity index (χ2n) is 6.03. The van der Waals surface area contributed by atoms with Crippen LogP contribution in [0, 0.1) is 5.41 Å². The number of amidine groups is 1. The van der Waals surface area contributed by atoms with Crippen LogP contribution in [0.2, 0.25) is 0 Å². The molecule has 0 bridgehead atoms. The third kappa shape index (κ3) is 3.68. The molecule has 2 saturated heterocycles. The summed E-state index contributed by atoms with van der Waals surface area (Å²) in [6, 6.07) is 0.846. The van der Waals surface area contributed by atoms with Gasteiger partial charge < -0.3 is 20.1 Å². The number of nitrogens with two attached hydrogens (primary N) is 1. The molecule has 1 spiro atoms. The predicted molar refractivity (Wildman–Crippen MR) is 75.5 cm³/mol. The van der Waals surface area contributed by atoms with E-state index in [1.807, 2.05) is 0 Å². The van der Waals surface area contributed by atoms with Gasteiger partial charge in [0.15, 0.2) is 0 Å². The van der Waals surface area contributed by atoms with E-state index in [0.29, 0.717) is 18.5 Å². The lowest BCUT2D eigenvalue weighted by atomic mass is 9.83. The van der Waals surface area contributed by atoms with Gasteiger partial charge in [-0.2, -0.15) is 0 Å². The van der Waals surface area contributed by atoms with Crippen LogP contribution in [0.15, 0.2) is 0 Å². The number of ether oxygens (including phenoxy) is 2. The number of hydrogen-bond donors (Lipinski definition) is 2. The second-order valence-corrected chi connectivity index (χ2v) is 6.03. The van der Waals surface area contributed by atoms with Gasteiger partial charge in [0.05, 0.1) is 11.4 Å². The van der Waals surface area contributed by atoms with E-state index < -0.39 is 0 Å². The number of rotatable bonds is 4. The van der Waals surface area contributed by atoms with Gasteiger partial charge in [0.1, 0.15) is 0 Å². The number of hydrogen-bond acceptors (Lipinski definition) is 4. The summed E-state index contributed by atoms with van der Waals surface area (Å²) in [6.45, 7) is 4.62. The molecule has 2 fully saturated rings. The van der Waals surface area contributed by atoms with Crippen molar-refractivity contribution in [3.63, 3.8) is 0 Å². The first kappa shape index (κ1) is 14.8. The van der Waals surface area contributed by atoms with Gasteiger partial charge in [0.25, 0.3) is 0 Å². The predicted octanol–water partition coefficient (Wildman–Crippen LogP) is 1.36. The van der Waals surface area contributed by atoms with E-state index in [1.54, 1.807) is 0 Å². The first-order chi connectivity index (χ1) is 9.02. The third-order valence-electron chi connectivity index (χ3n) is 4.66. The van der Waals surface area contributed by atoms with Crippen molar-refractivity contribution in [3.05, 3.63) is 0 Å². The van der Waals surface area contributed by atoms with E-state index in [2.05, 4.69) is 18.9 Å². The van der Waals surface area contributed by atoms with Crippen molar-refractivity contribution in [2.24, 2.45) is 5.73 Å². The summed E-state index contributed by atoms with van der Waals surface area (Å²) in [7, 11) is 2.15. The third-order valence-corrected chi connectivity index (χ3v) is 4.66. The van der Waals surface area contributed by atoms with Crippen LogP contribution >= 0.6 is 0 Å². The number of nitrogens with one attached hydrogen (secondary N) is 1. The summed E-state index contributed by atoms with van der Waals surface area (Å²) in [6.07, 6.45) is 4.82. The van der Waals surface area contributed by atoms with Crippen LogP contribution in [0.1, 0.15) is 39.0 Å². The Morgan fingerprint density at radius 2 is 2.11 bits per heavy atom. The highest BCUT2D eigenvalue weighted by Crippen LogP contribution is 2.36. The van der Waals surface area contributed by atoms with Crippen molar-refractivity contribution in [2.75, 3.05) is 26.9 Å². The molecule has 0 amide bonds. The lowest BCUT2D eigenvalue weighted by Crippen LogP contribution is -2.52. The van der Waals surface area contributed by atoms with Crippen molar-refractivity contribution in [1.29, 1.82) is 5.41 Å². The fraction of sp³-hybridized carbons (Fsp3) is 0.929. The zero-order valence-corrected chi connectivity index (χ0v) is 12.2. The molecular weight excluding hydrogens is 242 g/mol. The minimum Gasteiger partial charge on any atom is -0.388 e. The Morgan fingerprint density at radius 1 is 1.42 bits per heavy atom. The normalized spacial score (nSPS) is 28.5. The Hall–Kier alpha value is -0.650. The lowest BCUT2D eigenvalue weighted by Gasteiger charge is -2.46. The molecule has 2 unspecified atom stereocenters. The maximum Gasteiger partial charge on any atom is 0.0920 e. The monoisotopic (exact) mass is 269 g/mol. The van der Waals surface area contributed by atoms with Gasteiger partial charge in [-0.3, -0.25) is 5.41 Å². The van der Waals surface area contributed by atoms with Gasteiger partial charge >= 0.3 is 0 Å². The maximum atomic E-state index is 7.43. The largest absolute Gasteiger partial charge is 0.388 e. The molecule has 2 rings (SSSR count). The molecule has 0 aromatic carbocycles. The van der Waals surface area contributed by atoms with Gasteiger partial charge in [-0.25, -0.2) is 0 Å². The molecule has 2 aliphatic heterocycles. The van der Waals surface area contributed by atoms with Crippen molar-refractivity contribution in [3.8, 4) is 0 Å². The molecule has 5 heteroatoms. The smallest absolute Gasteiger partial charge is 0.0920 e. The summed E-state index contributed by atoms with van der Waals surface area (Å²) in [5.41, 5.74) is 5.55. The standard InChI is InChI=1S/C14H27N3O2/c1-11(9-13(15)16)17(2)12-3-6-19-14(10-12)4-7-18-8-5-14/h11-12H,3-10H2,1-2H3,(H3,15,16). The van der Waals surface area contributed by atoms with Crippen molar-refractivity contribution in [2.45, 2.75) is 56.7 Å². The van der Waals surface area contributed by atoms with E-state index >= 15 is 0 Å². The Bertz CT molecular complexity index is 310. The Balaban J connectivity index is 1.94. The molecule has 2 atom stereocenters. The molecule has 2 aliphatic rings. The molecule has 3 N–H and O–H groups in total. The zero-order valence-electron chi connectivity index (χ0n) is 12.2. The Morgan fingerprint density at radius 3 is 2.74 bits per heavy atom. The van der Waals surface area contributed by atoms with Crippen LogP contribution in [0.4, 0.5) is 0 Å². The van der Waals surface area contributed by atoms with Crippen LogP contribution < -0.4 is 5.73 Å². The summed E-state index contributed by atoms with van der Waals surface area (Å²) < 4.78 is 11.5. The molecule has 5 nitrogen and oxygen atoms in total. The second kappa shape index (κ2) is 6.20. The van der Waals surface area contributed by atoms with Gasteiger partial charge in [0.2, 0.25) is 0 Å². The first-order valence-corrected chi connectivity index (χ1v) is 7.29. The average molecular weight is 269 g/mol. The fourth-order valence-corrected chi connectivity index (χ4v) is 3.26. The average Bonchev–Trinajstić information content (AvgIpc) is 2.38. The van der Waals surface area contributed by atoms with E-state index in [4.69, 9.17) is 20.6 Å². The lowest BCUT2D eigenvalue weighted by molar-refractivity contribution is -0.151. The van der Waals surface area contributed by atoms with Crippen LogP contribution in [0.3, 0.4) is 0 Å². The SMILES string of the molecule is CC(CC(=N)N)N(C)C1CCOC2(CCOCC2)C1. The highest BCUT2D eigenvalue weighted by molar-refractivity contribution is 5.77. The molecule has 0 aliphatic carbocycles. The Kier molecular flexibility index (Phi) is 4.81. The minimum absolute atomic E-state index is 0.0331. The quantitative estimate of drug-likeness (QED) is 0.597. The van der Waals surface area contributed by atoms with Crippen LogP contribution in [0.25, 0.3) is 0 Å². The highest BCUT2D eigenvalue weighted by Gasteiger charge is 2.40.